The number of rotatable bonds is 3. The molecule has 2 nitrogen and oxygen atoms in total. The maximum absolute atomic E-state index is 6.37. The van der Waals surface area contributed by atoms with Crippen molar-refractivity contribution in [1.29, 1.82) is 0 Å². The van der Waals surface area contributed by atoms with E-state index in [0.29, 0.717) is 6.04 Å². The smallest absolute Gasteiger partial charge is 0.125 e. The molecule has 1 aliphatic rings. The summed E-state index contributed by atoms with van der Waals surface area (Å²) in [5.41, 5.74) is 3.50. The van der Waals surface area contributed by atoms with E-state index in [1.807, 2.05) is 6.92 Å². The van der Waals surface area contributed by atoms with E-state index in [4.69, 9.17) is 16.3 Å². The minimum absolute atomic E-state index is 0.256. The van der Waals surface area contributed by atoms with Gasteiger partial charge in [-0.25, -0.2) is 0 Å². The molecule has 2 rings (SSSR count). The molecular weight excluding hydrogens is 246 g/mol. The highest BCUT2D eigenvalue weighted by molar-refractivity contribution is 6.32. The molecule has 0 saturated carbocycles. The van der Waals surface area contributed by atoms with E-state index in [1.54, 1.807) is 0 Å². The van der Waals surface area contributed by atoms with Crippen LogP contribution in [0, 0.1) is 13.8 Å². The third-order valence-electron chi connectivity index (χ3n) is 3.58. The van der Waals surface area contributed by atoms with Crippen molar-refractivity contribution in [2.75, 3.05) is 6.54 Å². The molecule has 0 fully saturated rings. The summed E-state index contributed by atoms with van der Waals surface area (Å²) < 4.78 is 5.96. The first-order valence-electron chi connectivity index (χ1n) is 6.74. The molecule has 0 aromatic heterocycles. The molecule has 1 aliphatic heterocycles. The Morgan fingerprint density at radius 3 is 2.83 bits per heavy atom. The van der Waals surface area contributed by atoms with Gasteiger partial charge in [0.15, 0.2) is 0 Å². The molecule has 1 aromatic rings. The lowest BCUT2D eigenvalue weighted by Gasteiger charge is -2.33. The summed E-state index contributed by atoms with van der Waals surface area (Å²) in [5, 5.41) is 4.48. The van der Waals surface area contributed by atoms with Crippen molar-refractivity contribution in [2.24, 2.45) is 0 Å². The van der Waals surface area contributed by atoms with E-state index < -0.39 is 0 Å². The Morgan fingerprint density at radius 1 is 1.44 bits per heavy atom. The molecule has 1 heterocycles. The van der Waals surface area contributed by atoms with E-state index in [0.717, 1.165) is 41.3 Å². The molecule has 0 spiro atoms. The Kier molecular flexibility index (Phi) is 4.18. The minimum Gasteiger partial charge on any atom is -0.490 e. The van der Waals surface area contributed by atoms with Gasteiger partial charge in [-0.15, -0.1) is 0 Å². The molecule has 0 radical (unpaired) electrons. The lowest BCUT2D eigenvalue weighted by Crippen LogP contribution is -2.32. The van der Waals surface area contributed by atoms with Crippen LogP contribution in [-0.2, 0) is 0 Å². The Labute approximate surface area is 115 Å². The minimum atomic E-state index is 0.256. The van der Waals surface area contributed by atoms with Gasteiger partial charge in [0.2, 0.25) is 0 Å². The molecule has 0 amide bonds. The second kappa shape index (κ2) is 5.50. The highest BCUT2D eigenvalue weighted by atomic mass is 35.5. The summed E-state index contributed by atoms with van der Waals surface area (Å²) in [6, 6.07) is 2.43. The summed E-state index contributed by atoms with van der Waals surface area (Å²) >= 11 is 6.37. The fraction of sp³-hybridized carbons (Fsp3) is 0.600. The van der Waals surface area contributed by atoms with Crippen LogP contribution in [0.15, 0.2) is 6.07 Å². The Bertz CT molecular complexity index is 445. The van der Waals surface area contributed by atoms with Gasteiger partial charge in [-0.05, 0) is 50.9 Å². The largest absolute Gasteiger partial charge is 0.490 e. The van der Waals surface area contributed by atoms with Gasteiger partial charge in [0.05, 0.1) is 6.10 Å². The first kappa shape index (κ1) is 13.7. The fourth-order valence-electron chi connectivity index (χ4n) is 2.69. The zero-order valence-corrected chi connectivity index (χ0v) is 12.4. The summed E-state index contributed by atoms with van der Waals surface area (Å²) in [7, 11) is 0. The summed E-state index contributed by atoms with van der Waals surface area (Å²) in [5.74, 6) is 1.00. The maximum Gasteiger partial charge on any atom is 0.125 e. The van der Waals surface area contributed by atoms with Gasteiger partial charge >= 0.3 is 0 Å². The molecular formula is C15H22ClNO. The molecule has 0 bridgehead atoms. The van der Waals surface area contributed by atoms with E-state index >= 15 is 0 Å². The normalized spacial score (nSPS) is 22.5. The average Bonchev–Trinajstić information content (AvgIpc) is 2.32. The number of hydrogen-bond acceptors (Lipinski definition) is 2. The van der Waals surface area contributed by atoms with Gasteiger partial charge in [0.1, 0.15) is 5.75 Å². The first-order chi connectivity index (χ1) is 8.54. The molecule has 18 heavy (non-hydrogen) atoms. The third kappa shape index (κ3) is 2.50. The van der Waals surface area contributed by atoms with Crippen molar-refractivity contribution >= 4 is 11.6 Å². The molecule has 1 N–H and O–H groups in total. The van der Waals surface area contributed by atoms with Crippen LogP contribution < -0.4 is 10.1 Å². The van der Waals surface area contributed by atoms with Crippen LogP contribution in [0.3, 0.4) is 0 Å². The zero-order valence-electron chi connectivity index (χ0n) is 11.6. The van der Waals surface area contributed by atoms with Crippen LogP contribution in [0.25, 0.3) is 0 Å². The summed E-state index contributed by atoms with van der Waals surface area (Å²) in [6.45, 7) is 9.47. The SMILES string of the molecule is CCCNC1CC(C)Oc2cc(C)c(Cl)c(C)c21. The molecule has 2 atom stereocenters. The molecule has 0 aliphatic carbocycles. The first-order valence-corrected chi connectivity index (χ1v) is 7.12. The van der Waals surface area contributed by atoms with E-state index in [9.17, 15) is 0 Å². The lowest BCUT2D eigenvalue weighted by atomic mass is 9.91. The predicted octanol–water partition coefficient (Wildman–Crippen LogP) is 4.17. The van der Waals surface area contributed by atoms with Crippen LogP contribution in [-0.4, -0.2) is 12.6 Å². The number of halogens is 1. The van der Waals surface area contributed by atoms with E-state index in [1.165, 1.54) is 5.56 Å². The zero-order chi connectivity index (χ0) is 13.3. The highest BCUT2D eigenvalue weighted by Gasteiger charge is 2.28. The fourth-order valence-corrected chi connectivity index (χ4v) is 2.84. The van der Waals surface area contributed by atoms with Gasteiger partial charge in [-0.1, -0.05) is 18.5 Å². The van der Waals surface area contributed by atoms with Crippen LogP contribution in [0.2, 0.25) is 5.02 Å². The topological polar surface area (TPSA) is 21.3 Å². The lowest BCUT2D eigenvalue weighted by molar-refractivity contribution is 0.166. The number of nitrogens with one attached hydrogen (secondary N) is 1. The van der Waals surface area contributed by atoms with E-state index in [2.05, 4.69) is 32.2 Å². The quantitative estimate of drug-likeness (QED) is 0.888. The van der Waals surface area contributed by atoms with Crippen LogP contribution >= 0.6 is 11.6 Å². The van der Waals surface area contributed by atoms with Crippen LogP contribution in [0.1, 0.15) is 49.4 Å². The molecule has 0 saturated heterocycles. The van der Waals surface area contributed by atoms with E-state index in [-0.39, 0.29) is 6.10 Å². The van der Waals surface area contributed by atoms with Gasteiger partial charge in [0, 0.05) is 23.0 Å². The summed E-state index contributed by atoms with van der Waals surface area (Å²) in [6.07, 6.45) is 2.40. The number of benzene rings is 1. The molecule has 2 unspecified atom stereocenters. The molecule has 100 valence electrons. The van der Waals surface area contributed by atoms with Crippen molar-refractivity contribution in [3.8, 4) is 5.75 Å². The van der Waals surface area contributed by atoms with Crippen molar-refractivity contribution in [2.45, 2.75) is 52.7 Å². The monoisotopic (exact) mass is 267 g/mol. The number of hydrogen-bond donors (Lipinski definition) is 1. The van der Waals surface area contributed by atoms with Crippen molar-refractivity contribution < 1.29 is 4.74 Å². The maximum atomic E-state index is 6.37. The Morgan fingerprint density at radius 2 is 2.17 bits per heavy atom. The molecule has 3 heteroatoms. The van der Waals surface area contributed by atoms with Gasteiger partial charge < -0.3 is 10.1 Å². The Hall–Kier alpha value is -0.730. The Balaban J connectivity index is 2.42. The van der Waals surface area contributed by atoms with Crippen molar-refractivity contribution in [3.05, 3.63) is 27.8 Å². The number of fused-ring (bicyclic) bond motifs is 1. The third-order valence-corrected chi connectivity index (χ3v) is 4.16. The number of ether oxygens (including phenoxy) is 1. The highest BCUT2D eigenvalue weighted by Crippen LogP contribution is 2.41. The average molecular weight is 268 g/mol. The number of aryl methyl sites for hydroxylation is 1. The summed E-state index contributed by atoms with van der Waals surface area (Å²) in [4.78, 5) is 0. The van der Waals surface area contributed by atoms with Gasteiger partial charge in [0.25, 0.3) is 0 Å². The molecule has 1 aromatic carbocycles. The predicted molar refractivity (Wildman–Crippen MR) is 76.7 cm³/mol. The van der Waals surface area contributed by atoms with Crippen molar-refractivity contribution in [3.63, 3.8) is 0 Å². The standard InChI is InChI=1S/C15H22ClNO/c1-5-6-17-12-8-10(3)18-13-7-9(2)15(16)11(4)14(12)13/h7,10,12,17H,5-6,8H2,1-4H3. The van der Waals surface area contributed by atoms with Gasteiger partial charge in [-0.3, -0.25) is 0 Å². The van der Waals surface area contributed by atoms with Crippen LogP contribution in [0.4, 0.5) is 0 Å². The second-order valence-corrected chi connectivity index (χ2v) is 5.59. The van der Waals surface area contributed by atoms with Crippen molar-refractivity contribution in [1.82, 2.24) is 5.32 Å². The van der Waals surface area contributed by atoms with Gasteiger partial charge in [-0.2, -0.15) is 0 Å². The second-order valence-electron chi connectivity index (χ2n) is 5.22. The van der Waals surface area contributed by atoms with Crippen LogP contribution in [0.5, 0.6) is 5.75 Å².